The normalized spacial score (nSPS) is 15.0. The minimum Gasteiger partial charge on any atom is -0.330 e. The van der Waals surface area contributed by atoms with Crippen LogP contribution in [0.25, 0.3) is 0 Å². The largest absolute Gasteiger partial charge is 0.330 e. The number of carbonyl (C=O) groups is 2. The Kier molecular flexibility index (Phi) is 6.67. The van der Waals surface area contributed by atoms with E-state index in [-0.39, 0.29) is 42.6 Å². The molecule has 7 heteroatoms. The third-order valence-electron chi connectivity index (χ3n) is 4.73. The van der Waals surface area contributed by atoms with Crippen molar-refractivity contribution in [3.63, 3.8) is 0 Å². The summed E-state index contributed by atoms with van der Waals surface area (Å²) in [6.45, 7) is 2.14. The van der Waals surface area contributed by atoms with Crippen LogP contribution in [0, 0.1) is 11.6 Å². The molecule has 3 rings (SSSR count). The van der Waals surface area contributed by atoms with Gasteiger partial charge in [-0.2, -0.15) is 0 Å². The fraction of sp³-hybridized carbons (Fsp3) is 0.333. The number of carbonyl (C=O) groups excluding carboxylic acids is 2. The molecule has 0 aliphatic carbocycles. The molecular formula is C21H22F2N2O2S. The summed E-state index contributed by atoms with van der Waals surface area (Å²) in [5, 5.41) is 0. The Balaban J connectivity index is 1.88. The van der Waals surface area contributed by atoms with E-state index in [0.29, 0.717) is 23.6 Å². The van der Waals surface area contributed by atoms with Crippen molar-refractivity contribution in [2.24, 2.45) is 0 Å². The molecule has 0 saturated carbocycles. The minimum atomic E-state index is -0.370. The monoisotopic (exact) mass is 404 g/mol. The zero-order chi connectivity index (χ0) is 20.1. The van der Waals surface area contributed by atoms with Crippen molar-refractivity contribution >= 4 is 23.6 Å². The van der Waals surface area contributed by atoms with Gasteiger partial charge < -0.3 is 9.80 Å². The lowest BCUT2D eigenvalue weighted by molar-refractivity contribution is -0.140. The highest BCUT2D eigenvalue weighted by Gasteiger charge is 2.29. The van der Waals surface area contributed by atoms with Crippen LogP contribution in [0.2, 0.25) is 0 Å². The van der Waals surface area contributed by atoms with Crippen LogP contribution in [0.5, 0.6) is 0 Å². The molecule has 4 nitrogen and oxygen atoms in total. The van der Waals surface area contributed by atoms with E-state index in [4.69, 9.17) is 0 Å². The zero-order valence-electron chi connectivity index (χ0n) is 15.6. The van der Waals surface area contributed by atoms with E-state index in [1.54, 1.807) is 29.2 Å². The molecule has 1 aliphatic rings. The first-order valence-electron chi connectivity index (χ1n) is 9.13. The van der Waals surface area contributed by atoms with Crippen LogP contribution in [0.4, 0.5) is 8.78 Å². The van der Waals surface area contributed by atoms with Crippen LogP contribution in [0.15, 0.2) is 48.5 Å². The molecule has 0 spiro atoms. The van der Waals surface area contributed by atoms with Crippen LogP contribution >= 0.6 is 11.8 Å². The fourth-order valence-corrected chi connectivity index (χ4v) is 4.22. The Morgan fingerprint density at radius 3 is 2.54 bits per heavy atom. The Labute approximate surface area is 167 Å². The lowest BCUT2D eigenvalue weighted by Gasteiger charge is -2.33. The van der Waals surface area contributed by atoms with Crippen molar-refractivity contribution in [3.05, 3.63) is 71.3 Å². The van der Waals surface area contributed by atoms with E-state index in [9.17, 15) is 18.4 Å². The van der Waals surface area contributed by atoms with E-state index in [0.717, 1.165) is 5.56 Å². The third kappa shape index (κ3) is 4.90. The maximum atomic E-state index is 13.6. The topological polar surface area (TPSA) is 40.6 Å². The van der Waals surface area contributed by atoms with E-state index >= 15 is 0 Å². The van der Waals surface area contributed by atoms with E-state index in [1.807, 2.05) is 6.92 Å². The maximum absolute atomic E-state index is 13.6. The second-order valence-electron chi connectivity index (χ2n) is 6.70. The number of rotatable bonds is 7. The SMILES string of the molecule is CCC(c1ccc(F)cc1)N(Cc1cccc(F)c1)C(=O)CN1CSCC1=O. The molecule has 2 amide bonds. The van der Waals surface area contributed by atoms with Gasteiger partial charge in [0, 0.05) is 6.54 Å². The molecule has 0 bridgehead atoms. The molecule has 0 N–H and O–H groups in total. The Hall–Kier alpha value is -2.41. The summed E-state index contributed by atoms with van der Waals surface area (Å²) in [5.41, 5.74) is 1.46. The summed E-state index contributed by atoms with van der Waals surface area (Å²) in [6.07, 6.45) is 0.607. The second kappa shape index (κ2) is 9.19. The summed E-state index contributed by atoms with van der Waals surface area (Å²) >= 11 is 1.48. The Morgan fingerprint density at radius 2 is 1.93 bits per heavy atom. The summed E-state index contributed by atoms with van der Waals surface area (Å²) in [4.78, 5) is 28.2. The lowest BCUT2D eigenvalue weighted by Crippen LogP contribution is -2.42. The van der Waals surface area contributed by atoms with Crippen LogP contribution < -0.4 is 0 Å². The highest BCUT2D eigenvalue weighted by molar-refractivity contribution is 8.00. The summed E-state index contributed by atoms with van der Waals surface area (Å²) in [6, 6.07) is 11.9. The van der Waals surface area contributed by atoms with Gasteiger partial charge in [-0.25, -0.2) is 8.78 Å². The van der Waals surface area contributed by atoms with E-state index in [1.165, 1.54) is 40.9 Å². The highest BCUT2D eigenvalue weighted by atomic mass is 32.2. The van der Waals surface area contributed by atoms with Crippen LogP contribution in [-0.4, -0.2) is 39.8 Å². The van der Waals surface area contributed by atoms with Crippen molar-refractivity contribution in [1.82, 2.24) is 9.80 Å². The molecule has 28 heavy (non-hydrogen) atoms. The predicted molar refractivity (Wildman–Crippen MR) is 105 cm³/mol. The summed E-state index contributed by atoms with van der Waals surface area (Å²) in [7, 11) is 0. The second-order valence-corrected chi connectivity index (χ2v) is 7.65. The summed E-state index contributed by atoms with van der Waals surface area (Å²) in [5.74, 6) is -0.111. The maximum Gasteiger partial charge on any atom is 0.243 e. The van der Waals surface area contributed by atoms with Crippen molar-refractivity contribution < 1.29 is 18.4 Å². The van der Waals surface area contributed by atoms with Gasteiger partial charge in [0.25, 0.3) is 0 Å². The number of nitrogens with zero attached hydrogens (tertiary/aromatic N) is 2. The first-order valence-corrected chi connectivity index (χ1v) is 10.3. The molecule has 0 aromatic heterocycles. The number of halogens is 2. The van der Waals surface area contributed by atoms with Gasteiger partial charge in [-0.1, -0.05) is 31.2 Å². The average molecular weight is 404 g/mol. The van der Waals surface area contributed by atoms with Gasteiger partial charge in [-0.05, 0) is 41.8 Å². The number of benzene rings is 2. The molecule has 2 aromatic rings. The van der Waals surface area contributed by atoms with Crippen molar-refractivity contribution in [2.75, 3.05) is 18.2 Å². The zero-order valence-corrected chi connectivity index (χ0v) is 16.4. The molecule has 1 atom stereocenters. The molecular weight excluding hydrogens is 382 g/mol. The van der Waals surface area contributed by atoms with Gasteiger partial charge in [-0.15, -0.1) is 11.8 Å². The highest BCUT2D eigenvalue weighted by Crippen LogP contribution is 2.27. The molecule has 1 fully saturated rings. The molecule has 0 radical (unpaired) electrons. The molecule has 1 unspecified atom stereocenters. The first kappa shape index (κ1) is 20.3. The quantitative estimate of drug-likeness (QED) is 0.701. The minimum absolute atomic E-state index is 0.0150. The van der Waals surface area contributed by atoms with E-state index < -0.39 is 0 Å². The van der Waals surface area contributed by atoms with E-state index in [2.05, 4.69) is 0 Å². The van der Waals surface area contributed by atoms with Gasteiger partial charge >= 0.3 is 0 Å². The number of thioether (sulfide) groups is 1. The van der Waals surface area contributed by atoms with Crippen molar-refractivity contribution in [1.29, 1.82) is 0 Å². The average Bonchev–Trinajstić information content (AvgIpc) is 3.07. The first-order chi connectivity index (χ1) is 13.5. The number of hydrogen-bond donors (Lipinski definition) is 0. The van der Waals surface area contributed by atoms with Crippen molar-refractivity contribution in [2.45, 2.75) is 25.9 Å². The predicted octanol–water partition coefficient (Wildman–Crippen LogP) is 3.98. The van der Waals surface area contributed by atoms with Gasteiger partial charge in [0.05, 0.1) is 17.7 Å². The van der Waals surface area contributed by atoms with Crippen molar-refractivity contribution in [3.8, 4) is 0 Å². The van der Waals surface area contributed by atoms with Gasteiger partial charge in [-0.3, -0.25) is 9.59 Å². The molecule has 1 saturated heterocycles. The molecule has 1 heterocycles. The standard InChI is InChI=1S/C21H22F2N2O2S/c1-2-19(16-6-8-17(22)9-7-16)25(11-15-4-3-5-18(23)10-15)20(26)12-24-14-28-13-21(24)27/h3-10,19H,2,11-14H2,1H3. The lowest BCUT2D eigenvalue weighted by atomic mass is 10.0. The smallest absolute Gasteiger partial charge is 0.243 e. The third-order valence-corrected chi connectivity index (χ3v) is 5.68. The number of hydrogen-bond acceptors (Lipinski definition) is 3. The Morgan fingerprint density at radius 1 is 1.18 bits per heavy atom. The fourth-order valence-electron chi connectivity index (χ4n) is 3.32. The van der Waals surface area contributed by atoms with Crippen LogP contribution in [0.1, 0.15) is 30.5 Å². The van der Waals surface area contributed by atoms with Crippen LogP contribution in [-0.2, 0) is 16.1 Å². The van der Waals surface area contributed by atoms with Gasteiger partial charge in [0.2, 0.25) is 11.8 Å². The van der Waals surface area contributed by atoms with Gasteiger partial charge in [0.15, 0.2) is 0 Å². The molecule has 2 aromatic carbocycles. The summed E-state index contributed by atoms with van der Waals surface area (Å²) < 4.78 is 27.0. The Bertz CT molecular complexity index is 845. The number of amides is 2. The van der Waals surface area contributed by atoms with Crippen LogP contribution in [0.3, 0.4) is 0 Å². The molecule has 1 aliphatic heterocycles. The van der Waals surface area contributed by atoms with Gasteiger partial charge in [0.1, 0.15) is 18.2 Å². The molecule has 148 valence electrons.